The standard InChI is InChI=1S/C15H11F2N3O3/c1-20-13-11(18-12(19-13)15(22)23)6-8(14(20)21)4-7-2-3-9(16)10(17)5-7/h2-3,5-6H,4H2,1H3,(H,18,19)(H,22,23). The summed E-state index contributed by atoms with van der Waals surface area (Å²) in [5, 5.41) is 8.95. The number of nitrogens with one attached hydrogen (secondary N) is 1. The van der Waals surface area contributed by atoms with Gasteiger partial charge in [-0.2, -0.15) is 0 Å². The fourth-order valence-corrected chi connectivity index (χ4v) is 2.38. The molecule has 2 heterocycles. The molecule has 1 aromatic carbocycles. The van der Waals surface area contributed by atoms with Gasteiger partial charge < -0.3 is 10.1 Å². The lowest BCUT2D eigenvalue weighted by Gasteiger charge is -2.05. The van der Waals surface area contributed by atoms with Crippen LogP contribution in [0.2, 0.25) is 0 Å². The van der Waals surface area contributed by atoms with Crippen LogP contribution in [0.5, 0.6) is 0 Å². The molecular formula is C15H11F2N3O3. The Hall–Kier alpha value is -3.03. The van der Waals surface area contributed by atoms with E-state index in [1.807, 2.05) is 0 Å². The predicted molar refractivity (Wildman–Crippen MR) is 77.5 cm³/mol. The lowest BCUT2D eigenvalue weighted by atomic mass is 10.1. The summed E-state index contributed by atoms with van der Waals surface area (Å²) in [6.07, 6.45) is 0.0846. The van der Waals surface area contributed by atoms with Gasteiger partial charge in [-0.1, -0.05) is 6.07 Å². The van der Waals surface area contributed by atoms with Crippen LogP contribution < -0.4 is 5.56 Å². The van der Waals surface area contributed by atoms with E-state index in [1.54, 1.807) is 0 Å². The lowest BCUT2D eigenvalue weighted by molar-refractivity contribution is 0.0685. The Balaban J connectivity index is 2.10. The van der Waals surface area contributed by atoms with Crippen LogP contribution in [0.1, 0.15) is 21.7 Å². The van der Waals surface area contributed by atoms with Gasteiger partial charge in [0.25, 0.3) is 5.56 Å². The van der Waals surface area contributed by atoms with Gasteiger partial charge in [0.05, 0.1) is 5.52 Å². The molecule has 0 saturated heterocycles. The summed E-state index contributed by atoms with van der Waals surface area (Å²) in [6, 6.07) is 4.87. The van der Waals surface area contributed by atoms with Crippen molar-refractivity contribution >= 4 is 17.1 Å². The lowest BCUT2D eigenvalue weighted by Crippen LogP contribution is -2.21. The van der Waals surface area contributed by atoms with E-state index in [1.165, 1.54) is 23.7 Å². The fraction of sp³-hybridized carbons (Fsp3) is 0.133. The van der Waals surface area contributed by atoms with Crippen LogP contribution in [0, 0.1) is 11.6 Å². The quantitative estimate of drug-likeness (QED) is 0.771. The second kappa shape index (κ2) is 5.31. The molecule has 2 N–H and O–H groups in total. The maximum Gasteiger partial charge on any atom is 0.371 e. The number of hydrogen-bond acceptors (Lipinski definition) is 3. The van der Waals surface area contributed by atoms with E-state index in [0.29, 0.717) is 16.6 Å². The van der Waals surface area contributed by atoms with E-state index < -0.39 is 17.6 Å². The number of nitrogens with zero attached hydrogens (tertiary/aromatic N) is 2. The number of benzene rings is 1. The summed E-state index contributed by atoms with van der Waals surface area (Å²) < 4.78 is 27.4. The van der Waals surface area contributed by atoms with Crippen molar-refractivity contribution in [3.05, 3.63) is 63.2 Å². The molecule has 3 aromatic rings. The number of halogens is 2. The Morgan fingerprint density at radius 1 is 1.30 bits per heavy atom. The van der Waals surface area contributed by atoms with E-state index >= 15 is 0 Å². The number of hydrogen-bond donors (Lipinski definition) is 2. The monoisotopic (exact) mass is 319 g/mol. The molecule has 0 atom stereocenters. The minimum absolute atomic E-state index is 0.0846. The maximum absolute atomic E-state index is 13.3. The number of H-pyrrole nitrogens is 1. The van der Waals surface area contributed by atoms with Crippen LogP contribution in [0.15, 0.2) is 29.1 Å². The normalized spacial score (nSPS) is 11.1. The third kappa shape index (κ3) is 2.59. The number of pyridine rings is 1. The number of carbonyl (C=O) groups is 1. The minimum atomic E-state index is -1.24. The van der Waals surface area contributed by atoms with E-state index in [-0.39, 0.29) is 23.5 Å². The number of carboxylic acid groups (broad SMARTS) is 1. The number of aromatic carboxylic acids is 1. The summed E-state index contributed by atoms with van der Waals surface area (Å²) in [5.74, 6) is -3.47. The number of fused-ring (bicyclic) bond motifs is 1. The number of carboxylic acids is 1. The van der Waals surface area contributed by atoms with Crippen LogP contribution in [0.25, 0.3) is 11.2 Å². The van der Waals surface area contributed by atoms with E-state index in [0.717, 1.165) is 12.1 Å². The Bertz CT molecular complexity index is 992. The van der Waals surface area contributed by atoms with Gasteiger partial charge in [-0.25, -0.2) is 18.6 Å². The number of aromatic nitrogens is 3. The van der Waals surface area contributed by atoms with Crippen molar-refractivity contribution in [1.29, 1.82) is 0 Å². The molecule has 0 saturated carbocycles. The molecule has 6 nitrogen and oxygen atoms in total. The van der Waals surface area contributed by atoms with Gasteiger partial charge in [-0.15, -0.1) is 0 Å². The minimum Gasteiger partial charge on any atom is -0.475 e. The Kier molecular flexibility index (Phi) is 3.44. The molecule has 3 rings (SSSR count). The van der Waals surface area contributed by atoms with Gasteiger partial charge in [0.15, 0.2) is 17.3 Å². The zero-order valence-corrected chi connectivity index (χ0v) is 11.9. The second-order valence-electron chi connectivity index (χ2n) is 5.09. The summed E-state index contributed by atoms with van der Waals surface area (Å²) in [6.45, 7) is 0. The molecule has 8 heteroatoms. The molecule has 0 bridgehead atoms. The molecule has 0 amide bonds. The largest absolute Gasteiger partial charge is 0.475 e. The number of aryl methyl sites for hydroxylation is 1. The summed E-state index contributed by atoms with van der Waals surface area (Å²) in [7, 11) is 1.46. The van der Waals surface area contributed by atoms with E-state index in [4.69, 9.17) is 5.11 Å². The Morgan fingerprint density at radius 3 is 2.70 bits per heavy atom. The number of imidazole rings is 1. The van der Waals surface area contributed by atoms with E-state index in [2.05, 4.69) is 9.97 Å². The van der Waals surface area contributed by atoms with Crippen molar-refractivity contribution in [2.24, 2.45) is 7.05 Å². The molecule has 0 aliphatic heterocycles. The Labute approximate surface area is 128 Å². The zero-order valence-electron chi connectivity index (χ0n) is 11.9. The number of aromatic amines is 1. The van der Waals surface area contributed by atoms with Crippen molar-refractivity contribution in [2.75, 3.05) is 0 Å². The van der Waals surface area contributed by atoms with Crippen LogP contribution in [-0.4, -0.2) is 25.6 Å². The maximum atomic E-state index is 13.3. The molecule has 23 heavy (non-hydrogen) atoms. The summed E-state index contributed by atoms with van der Waals surface area (Å²) in [5.41, 5.74) is 0.944. The van der Waals surface area contributed by atoms with Gasteiger partial charge in [0.2, 0.25) is 5.82 Å². The molecule has 118 valence electrons. The van der Waals surface area contributed by atoms with Gasteiger partial charge in [-0.05, 0) is 23.8 Å². The average Bonchev–Trinajstić information content (AvgIpc) is 2.93. The average molecular weight is 319 g/mol. The second-order valence-corrected chi connectivity index (χ2v) is 5.09. The van der Waals surface area contributed by atoms with Crippen LogP contribution >= 0.6 is 0 Å². The van der Waals surface area contributed by atoms with Crippen LogP contribution in [0.4, 0.5) is 8.78 Å². The highest BCUT2D eigenvalue weighted by molar-refractivity contribution is 5.88. The third-order valence-electron chi connectivity index (χ3n) is 3.51. The molecule has 0 spiro atoms. The molecule has 0 radical (unpaired) electrons. The summed E-state index contributed by atoms with van der Waals surface area (Å²) in [4.78, 5) is 29.7. The fourth-order valence-electron chi connectivity index (χ4n) is 2.38. The first-order valence-electron chi connectivity index (χ1n) is 6.62. The SMILES string of the molecule is Cn1c(=O)c(Cc2ccc(F)c(F)c2)cc2[nH]c(C(=O)O)nc21. The highest BCUT2D eigenvalue weighted by Gasteiger charge is 2.15. The molecular weight excluding hydrogens is 308 g/mol. The van der Waals surface area contributed by atoms with E-state index in [9.17, 15) is 18.4 Å². The van der Waals surface area contributed by atoms with Crippen LogP contribution in [0.3, 0.4) is 0 Å². The van der Waals surface area contributed by atoms with Crippen molar-refractivity contribution in [3.8, 4) is 0 Å². The highest BCUT2D eigenvalue weighted by atomic mass is 19.2. The topological polar surface area (TPSA) is 88.0 Å². The Morgan fingerprint density at radius 2 is 2.04 bits per heavy atom. The van der Waals surface area contributed by atoms with Gasteiger partial charge in [0.1, 0.15) is 0 Å². The van der Waals surface area contributed by atoms with Crippen molar-refractivity contribution in [2.45, 2.75) is 6.42 Å². The van der Waals surface area contributed by atoms with Crippen molar-refractivity contribution in [1.82, 2.24) is 14.5 Å². The molecule has 0 fully saturated rings. The summed E-state index contributed by atoms with van der Waals surface area (Å²) >= 11 is 0. The molecule has 0 aliphatic rings. The van der Waals surface area contributed by atoms with Gasteiger partial charge in [-0.3, -0.25) is 9.36 Å². The molecule has 0 aliphatic carbocycles. The highest BCUT2D eigenvalue weighted by Crippen LogP contribution is 2.15. The first-order chi connectivity index (χ1) is 10.9. The van der Waals surface area contributed by atoms with Gasteiger partial charge >= 0.3 is 5.97 Å². The predicted octanol–water partition coefficient (Wildman–Crippen LogP) is 1.83. The number of rotatable bonds is 3. The smallest absolute Gasteiger partial charge is 0.371 e. The van der Waals surface area contributed by atoms with Gasteiger partial charge in [0, 0.05) is 19.0 Å². The zero-order chi connectivity index (χ0) is 16.7. The van der Waals surface area contributed by atoms with Crippen LogP contribution in [-0.2, 0) is 13.5 Å². The first kappa shape index (κ1) is 14.9. The van der Waals surface area contributed by atoms with Crippen molar-refractivity contribution in [3.63, 3.8) is 0 Å². The third-order valence-corrected chi connectivity index (χ3v) is 3.51. The first-order valence-corrected chi connectivity index (χ1v) is 6.62. The molecule has 2 aromatic heterocycles. The molecule has 0 unspecified atom stereocenters. The van der Waals surface area contributed by atoms with Crippen molar-refractivity contribution < 1.29 is 18.7 Å².